The first-order valence-electron chi connectivity index (χ1n) is 9.67. The Morgan fingerprint density at radius 1 is 1.10 bits per heavy atom. The molecule has 1 N–H and O–H groups in total. The van der Waals surface area contributed by atoms with Crippen LogP contribution in [0.25, 0.3) is 11.0 Å². The van der Waals surface area contributed by atoms with Gasteiger partial charge in [0, 0.05) is 36.5 Å². The van der Waals surface area contributed by atoms with Crippen LogP contribution in [0.2, 0.25) is 0 Å². The van der Waals surface area contributed by atoms with E-state index in [0.29, 0.717) is 22.5 Å². The molecule has 0 fully saturated rings. The van der Waals surface area contributed by atoms with E-state index in [0.717, 1.165) is 10.9 Å². The summed E-state index contributed by atoms with van der Waals surface area (Å²) in [5, 5.41) is 3.60. The summed E-state index contributed by atoms with van der Waals surface area (Å²) in [4.78, 5) is 30.5. The Morgan fingerprint density at radius 3 is 2.68 bits per heavy atom. The molecule has 2 amide bonds. The highest BCUT2D eigenvalue weighted by Gasteiger charge is 2.25. The number of aryl methyl sites for hydroxylation is 1. The molecular formula is C24H20FN3O3. The van der Waals surface area contributed by atoms with Crippen molar-refractivity contribution in [2.75, 3.05) is 12.4 Å². The highest BCUT2D eigenvalue weighted by Crippen LogP contribution is 2.28. The third-order valence-corrected chi connectivity index (χ3v) is 5.04. The number of urea groups is 1. The SMILES string of the molecule is Cc1cc(=O)oc2cc(NC(=O)N(C)[C@@H](c3cccc(F)c3)c3ccccn3)ccc12. The smallest absolute Gasteiger partial charge is 0.336 e. The van der Waals surface area contributed by atoms with Crippen LogP contribution < -0.4 is 10.9 Å². The molecule has 6 nitrogen and oxygen atoms in total. The van der Waals surface area contributed by atoms with Gasteiger partial charge in [-0.05, 0) is 54.4 Å². The molecular weight excluding hydrogens is 397 g/mol. The third kappa shape index (κ3) is 4.30. The summed E-state index contributed by atoms with van der Waals surface area (Å²) < 4.78 is 19.1. The van der Waals surface area contributed by atoms with Crippen molar-refractivity contribution in [1.29, 1.82) is 0 Å². The van der Waals surface area contributed by atoms with Crippen molar-refractivity contribution in [3.8, 4) is 0 Å². The van der Waals surface area contributed by atoms with E-state index in [1.165, 1.54) is 23.1 Å². The number of benzene rings is 2. The molecule has 2 aromatic carbocycles. The molecule has 2 heterocycles. The van der Waals surface area contributed by atoms with E-state index >= 15 is 0 Å². The number of carbonyl (C=O) groups is 1. The Hall–Kier alpha value is -4.00. The zero-order valence-electron chi connectivity index (χ0n) is 17.0. The lowest BCUT2D eigenvalue weighted by Crippen LogP contribution is -2.35. The second kappa shape index (κ2) is 8.39. The molecule has 1 atom stereocenters. The van der Waals surface area contributed by atoms with E-state index in [2.05, 4.69) is 10.3 Å². The molecule has 0 spiro atoms. The number of aromatic nitrogens is 1. The van der Waals surface area contributed by atoms with E-state index in [4.69, 9.17) is 4.42 Å². The van der Waals surface area contributed by atoms with Crippen LogP contribution >= 0.6 is 0 Å². The number of carbonyl (C=O) groups excluding carboxylic acids is 1. The maximum Gasteiger partial charge on any atom is 0.336 e. The van der Waals surface area contributed by atoms with E-state index in [9.17, 15) is 14.0 Å². The van der Waals surface area contributed by atoms with E-state index in [1.807, 2.05) is 13.0 Å². The maximum absolute atomic E-state index is 13.9. The van der Waals surface area contributed by atoms with Crippen molar-refractivity contribution in [2.45, 2.75) is 13.0 Å². The normalized spacial score (nSPS) is 11.8. The average molecular weight is 417 g/mol. The van der Waals surface area contributed by atoms with Crippen LogP contribution in [0.3, 0.4) is 0 Å². The highest BCUT2D eigenvalue weighted by atomic mass is 19.1. The number of pyridine rings is 1. The van der Waals surface area contributed by atoms with Crippen molar-refractivity contribution >= 4 is 22.7 Å². The third-order valence-electron chi connectivity index (χ3n) is 5.04. The van der Waals surface area contributed by atoms with Gasteiger partial charge in [-0.3, -0.25) is 4.98 Å². The fourth-order valence-electron chi connectivity index (χ4n) is 3.54. The second-order valence-electron chi connectivity index (χ2n) is 7.21. The zero-order chi connectivity index (χ0) is 22.0. The molecule has 4 rings (SSSR count). The van der Waals surface area contributed by atoms with Gasteiger partial charge in [0.05, 0.1) is 5.69 Å². The lowest BCUT2D eigenvalue weighted by Gasteiger charge is -2.28. The Morgan fingerprint density at radius 2 is 1.94 bits per heavy atom. The predicted octanol–water partition coefficient (Wildman–Crippen LogP) is 4.89. The van der Waals surface area contributed by atoms with E-state index in [1.54, 1.807) is 55.7 Å². The van der Waals surface area contributed by atoms with Crippen LogP contribution in [0.15, 0.2) is 82.1 Å². The number of hydrogen-bond donors (Lipinski definition) is 1. The zero-order valence-corrected chi connectivity index (χ0v) is 17.0. The molecule has 0 aliphatic heterocycles. The topological polar surface area (TPSA) is 75.4 Å². The number of rotatable bonds is 4. The number of fused-ring (bicyclic) bond motifs is 1. The standard InChI is InChI=1S/C24H20FN3O3/c1-15-12-22(29)31-21-14-18(9-10-19(15)21)27-24(30)28(2)23(20-8-3-4-11-26-20)16-6-5-7-17(25)13-16/h3-14,23H,1-2H3,(H,27,30)/t23-/m0/s1. The first-order chi connectivity index (χ1) is 14.9. The predicted molar refractivity (Wildman–Crippen MR) is 116 cm³/mol. The van der Waals surface area contributed by atoms with E-state index < -0.39 is 23.5 Å². The van der Waals surface area contributed by atoms with Gasteiger partial charge in [-0.2, -0.15) is 0 Å². The molecule has 31 heavy (non-hydrogen) atoms. The number of nitrogens with zero attached hydrogens (tertiary/aromatic N) is 2. The van der Waals surface area contributed by atoms with Crippen molar-refractivity contribution in [3.05, 3.63) is 106 Å². The molecule has 156 valence electrons. The molecule has 0 unspecified atom stereocenters. The number of anilines is 1. The summed E-state index contributed by atoms with van der Waals surface area (Å²) in [5.74, 6) is -0.396. The van der Waals surface area contributed by atoms with Crippen LogP contribution in [-0.2, 0) is 0 Å². The fraction of sp³-hybridized carbons (Fsp3) is 0.125. The molecule has 2 aromatic heterocycles. The molecule has 0 saturated carbocycles. The minimum atomic E-state index is -0.600. The number of amides is 2. The molecule has 4 aromatic rings. The maximum atomic E-state index is 13.9. The summed E-state index contributed by atoms with van der Waals surface area (Å²) in [6.45, 7) is 1.82. The summed E-state index contributed by atoms with van der Waals surface area (Å²) in [7, 11) is 1.62. The molecule has 0 radical (unpaired) electrons. The van der Waals surface area contributed by atoms with Gasteiger partial charge in [-0.25, -0.2) is 14.0 Å². The molecule has 0 aliphatic rings. The molecule has 7 heteroatoms. The summed E-state index contributed by atoms with van der Waals surface area (Å²) in [6, 6.07) is 17.0. The van der Waals surface area contributed by atoms with Gasteiger partial charge < -0.3 is 14.6 Å². The van der Waals surface area contributed by atoms with Crippen LogP contribution in [0.1, 0.15) is 22.9 Å². The van der Waals surface area contributed by atoms with Crippen molar-refractivity contribution in [3.63, 3.8) is 0 Å². The van der Waals surface area contributed by atoms with Crippen molar-refractivity contribution in [1.82, 2.24) is 9.88 Å². The van der Waals surface area contributed by atoms with Crippen LogP contribution in [0.4, 0.5) is 14.9 Å². The number of hydrogen-bond acceptors (Lipinski definition) is 4. The Kier molecular flexibility index (Phi) is 5.49. The Bertz CT molecular complexity index is 1300. The summed E-state index contributed by atoms with van der Waals surface area (Å²) in [6.07, 6.45) is 1.63. The monoisotopic (exact) mass is 417 g/mol. The van der Waals surface area contributed by atoms with Crippen LogP contribution in [0, 0.1) is 12.7 Å². The number of halogens is 1. The molecule has 0 aliphatic carbocycles. The van der Waals surface area contributed by atoms with Gasteiger partial charge in [0.1, 0.15) is 17.4 Å². The van der Waals surface area contributed by atoms with Crippen LogP contribution in [0.5, 0.6) is 0 Å². The summed E-state index contributed by atoms with van der Waals surface area (Å²) in [5.41, 5.74) is 2.39. The highest BCUT2D eigenvalue weighted by molar-refractivity contribution is 5.92. The molecule has 0 saturated heterocycles. The lowest BCUT2D eigenvalue weighted by molar-refractivity contribution is 0.211. The Balaban J connectivity index is 1.66. The van der Waals surface area contributed by atoms with E-state index in [-0.39, 0.29) is 0 Å². The quantitative estimate of drug-likeness (QED) is 0.480. The van der Waals surface area contributed by atoms with Crippen molar-refractivity contribution in [2.24, 2.45) is 0 Å². The van der Waals surface area contributed by atoms with Gasteiger partial charge in [0.2, 0.25) is 0 Å². The lowest BCUT2D eigenvalue weighted by atomic mass is 10.0. The second-order valence-corrected chi connectivity index (χ2v) is 7.21. The minimum absolute atomic E-state index is 0.386. The Labute approximate surface area is 178 Å². The largest absolute Gasteiger partial charge is 0.423 e. The van der Waals surface area contributed by atoms with Gasteiger partial charge in [0.15, 0.2) is 0 Å². The van der Waals surface area contributed by atoms with Crippen molar-refractivity contribution < 1.29 is 13.6 Å². The first kappa shape index (κ1) is 20.3. The van der Waals surface area contributed by atoms with Gasteiger partial charge in [-0.1, -0.05) is 18.2 Å². The average Bonchev–Trinajstić information content (AvgIpc) is 2.74. The fourth-order valence-corrected chi connectivity index (χ4v) is 3.54. The van der Waals surface area contributed by atoms with Crippen LogP contribution in [-0.4, -0.2) is 23.0 Å². The van der Waals surface area contributed by atoms with Gasteiger partial charge in [0.25, 0.3) is 0 Å². The molecule has 0 bridgehead atoms. The minimum Gasteiger partial charge on any atom is -0.423 e. The van der Waals surface area contributed by atoms with Gasteiger partial charge >= 0.3 is 11.7 Å². The van der Waals surface area contributed by atoms with Gasteiger partial charge in [-0.15, -0.1) is 0 Å². The number of nitrogens with one attached hydrogen (secondary N) is 1. The first-order valence-corrected chi connectivity index (χ1v) is 9.67. The summed E-state index contributed by atoms with van der Waals surface area (Å²) >= 11 is 0.